The average molecular weight is 282 g/mol. The number of rotatable bonds is 8. The van der Waals surface area contributed by atoms with Crippen molar-refractivity contribution in [1.82, 2.24) is 5.32 Å². The smallest absolute Gasteiger partial charge is 0.129 e. The van der Waals surface area contributed by atoms with E-state index in [4.69, 9.17) is 10.4 Å². The molecule has 1 unspecified atom stereocenters. The lowest BCUT2D eigenvalue weighted by atomic mass is 10.1. The Morgan fingerprint density at radius 3 is 2.89 bits per heavy atom. The number of hydrogen-bond donors (Lipinski definition) is 2. The first-order valence-corrected chi connectivity index (χ1v) is 7.46. The van der Waals surface area contributed by atoms with E-state index in [1.807, 2.05) is 13.0 Å². The van der Waals surface area contributed by atoms with Gasteiger partial charge in [0.2, 0.25) is 0 Å². The second kappa shape index (κ2) is 8.92. The predicted octanol–water partition coefficient (Wildman–Crippen LogP) is 2.46. The normalized spacial score (nSPS) is 12.1. The van der Waals surface area contributed by atoms with Crippen LogP contribution < -0.4 is 5.32 Å². The fraction of sp³-hybridized carbons (Fsp3) is 0.500. The van der Waals surface area contributed by atoms with E-state index in [1.165, 1.54) is 6.07 Å². The Labute approximate surface area is 117 Å². The van der Waals surface area contributed by atoms with Crippen LogP contribution in [0.4, 0.5) is 4.39 Å². The molecule has 0 aliphatic heterocycles. The number of halogens is 1. The standard InChI is InChI=1S/C14H19FN2OS/c1-11(17-5-8-19-7-2-6-18)13-4-3-12(10-16)9-14(13)15/h3-4,9,11,17-18H,2,5-8H2,1H3. The maximum Gasteiger partial charge on any atom is 0.129 e. The number of aliphatic hydroxyl groups is 1. The van der Waals surface area contributed by atoms with Crippen molar-refractivity contribution in [3.05, 3.63) is 35.1 Å². The highest BCUT2D eigenvalue weighted by Gasteiger charge is 2.10. The lowest BCUT2D eigenvalue weighted by Crippen LogP contribution is -2.22. The van der Waals surface area contributed by atoms with Gasteiger partial charge in [-0.1, -0.05) is 6.07 Å². The van der Waals surface area contributed by atoms with Crippen molar-refractivity contribution >= 4 is 11.8 Å². The van der Waals surface area contributed by atoms with Crippen molar-refractivity contribution in [2.24, 2.45) is 0 Å². The van der Waals surface area contributed by atoms with Crippen LogP contribution in [0.2, 0.25) is 0 Å². The molecule has 0 spiro atoms. The maximum atomic E-state index is 13.7. The highest BCUT2D eigenvalue weighted by molar-refractivity contribution is 7.99. The molecule has 0 fully saturated rings. The quantitative estimate of drug-likeness (QED) is 0.719. The zero-order valence-electron chi connectivity index (χ0n) is 11.0. The summed E-state index contributed by atoms with van der Waals surface area (Å²) in [4.78, 5) is 0. The fourth-order valence-corrected chi connectivity index (χ4v) is 2.47. The SMILES string of the molecule is CC(NCCSCCCO)c1ccc(C#N)cc1F. The van der Waals surface area contributed by atoms with Gasteiger partial charge >= 0.3 is 0 Å². The predicted molar refractivity (Wildman–Crippen MR) is 76.6 cm³/mol. The van der Waals surface area contributed by atoms with E-state index in [9.17, 15) is 4.39 Å². The molecule has 5 heteroatoms. The summed E-state index contributed by atoms with van der Waals surface area (Å²) >= 11 is 1.77. The number of nitrogens with zero attached hydrogens (tertiary/aromatic N) is 1. The lowest BCUT2D eigenvalue weighted by Gasteiger charge is -2.15. The molecule has 0 aromatic heterocycles. The van der Waals surface area contributed by atoms with Crippen LogP contribution in [0.1, 0.15) is 30.5 Å². The van der Waals surface area contributed by atoms with Crippen molar-refractivity contribution in [3.63, 3.8) is 0 Å². The Balaban J connectivity index is 2.37. The number of hydrogen-bond acceptors (Lipinski definition) is 4. The molecule has 0 aliphatic carbocycles. The van der Waals surface area contributed by atoms with Crippen molar-refractivity contribution in [2.45, 2.75) is 19.4 Å². The zero-order valence-corrected chi connectivity index (χ0v) is 11.8. The Kier molecular flexibility index (Phi) is 7.49. The fourth-order valence-electron chi connectivity index (χ4n) is 1.67. The summed E-state index contributed by atoms with van der Waals surface area (Å²) < 4.78 is 13.7. The minimum atomic E-state index is -0.341. The molecule has 19 heavy (non-hydrogen) atoms. The van der Waals surface area contributed by atoms with Crippen LogP contribution in [0.15, 0.2) is 18.2 Å². The Morgan fingerprint density at radius 2 is 2.26 bits per heavy atom. The van der Waals surface area contributed by atoms with E-state index in [2.05, 4.69) is 5.32 Å². The minimum absolute atomic E-state index is 0.0776. The third-order valence-corrected chi connectivity index (χ3v) is 3.81. The van der Waals surface area contributed by atoms with Gasteiger partial charge in [0.1, 0.15) is 5.82 Å². The van der Waals surface area contributed by atoms with Crippen LogP contribution in [0, 0.1) is 17.1 Å². The third-order valence-electron chi connectivity index (χ3n) is 2.74. The molecule has 1 aromatic rings. The molecule has 2 N–H and O–H groups in total. The first-order chi connectivity index (χ1) is 9.19. The zero-order chi connectivity index (χ0) is 14.1. The largest absolute Gasteiger partial charge is 0.396 e. The first kappa shape index (κ1) is 16.0. The van der Waals surface area contributed by atoms with E-state index >= 15 is 0 Å². The number of nitriles is 1. The van der Waals surface area contributed by atoms with Crippen LogP contribution >= 0.6 is 11.8 Å². The summed E-state index contributed by atoms with van der Waals surface area (Å²) in [5.41, 5.74) is 0.923. The molecule has 0 aliphatic rings. The van der Waals surface area contributed by atoms with Crippen molar-refractivity contribution in [2.75, 3.05) is 24.7 Å². The minimum Gasteiger partial charge on any atom is -0.396 e. The number of nitrogens with one attached hydrogen (secondary N) is 1. The van der Waals surface area contributed by atoms with Crippen molar-refractivity contribution < 1.29 is 9.50 Å². The summed E-state index contributed by atoms with van der Waals surface area (Å²) in [6, 6.07) is 6.40. The monoisotopic (exact) mass is 282 g/mol. The molecule has 0 heterocycles. The van der Waals surface area contributed by atoms with Gasteiger partial charge in [0, 0.05) is 30.5 Å². The van der Waals surface area contributed by atoms with Crippen LogP contribution in [0.25, 0.3) is 0 Å². The molecule has 1 atom stereocenters. The van der Waals surface area contributed by atoms with Gasteiger partial charge in [-0.25, -0.2) is 4.39 Å². The number of thioether (sulfide) groups is 1. The van der Waals surface area contributed by atoms with Crippen molar-refractivity contribution in [3.8, 4) is 6.07 Å². The van der Waals surface area contributed by atoms with Crippen LogP contribution in [0.5, 0.6) is 0 Å². The summed E-state index contributed by atoms with van der Waals surface area (Å²) in [5.74, 6) is 1.53. The molecule has 0 radical (unpaired) electrons. The topological polar surface area (TPSA) is 56.0 Å². The van der Waals surface area contributed by atoms with E-state index < -0.39 is 0 Å². The molecule has 3 nitrogen and oxygen atoms in total. The molecule has 0 amide bonds. The molecule has 104 valence electrons. The second-order valence-electron chi connectivity index (χ2n) is 4.21. The molecule has 0 saturated heterocycles. The van der Waals surface area contributed by atoms with Gasteiger partial charge in [0.05, 0.1) is 11.6 Å². The van der Waals surface area contributed by atoms with Gasteiger partial charge in [-0.15, -0.1) is 0 Å². The third kappa shape index (κ3) is 5.60. The van der Waals surface area contributed by atoms with E-state index in [0.29, 0.717) is 11.1 Å². The summed E-state index contributed by atoms with van der Waals surface area (Å²) in [6.45, 7) is 2.92. The Morgan fingerprint density at radius 1 is 1.47 bits per heavy atom. The first-order valence-electron chi connectivity index (χ1n) is 6.30. The lowest BCUT2D eigenvalue weighted by molar-refractivity contribution is 0.296. The Hall–Kier alpha value is -1.09. The molecular formula is C14H19FN2OS. The average Bonchev–Trinajstić information content (AvgIpc) is 2.42. The van der Waals surface area contributed by atoms with Gasteiger partial charge in [-0.2, -0.15) is 17.0 Å². The van der Waals surface area contributed by atoms with Crippen LogP contribution in [0.3, 0.4) is 0 Å². The Bertz CT molecular complexity index is 434. The van der Waals surface area contributed by atoms with Crippen LogP contribution in [-0.2, 0) is 0 Å². The highest BCUT2D eigenvalue weighted by Crippen LogP contribution is 2.17. The van der Waals surface area contributed by atoms with E-state index in [1.54, 1.807) is 23.9 Å². The summed E-state index contributed by atoms with van der Waals surface area (Å²) in [7, 11) is 0. The molecule has 1 aromatic carbocycles. The number of benzene rings is 1. The van der Waals surface area contributed by atoms with Gasteiger partial charge in [-0.3, -0.25) is 0 Å². The summed E-state index contributed by atoms with van der Waals surface area (Å²) in [6.07, 6.45) is 0.810. The van der Waals surface area contributed by atoms with Crippen LogP contribution in [-0.4, -0.2) is 29.8 Å². The molecular weight excluding hydrogens is 263 g/mol. The van der Waals surface area contributed by atoms with E-state index in [-0.39, 0.29) is 18.5 Å². The van der Waals surface area contributed by atoms with Crippen molar-refractivity contribution in [1.29, 1.82) is 5.26 Å². The molecule has 0 bridgehead atoms. The number of aliphatic hydroxyl groups excluding tert-OH is 1. The van der Waals surface area contributed by atoms with Gasteiger partial charge < -0.3 is 10.4 Å². The van der Waals surface area contributed by atoms with Gasteiger partial charge in [0.15, 0.2) is 0 Å². The van der Waals surface area contributed by atoms with Gasteiger partial charge in [-0.05, 0) is 31.2 Å². The molecule has 1 rings (SSSR count). The van der Waals surface area contributed by atoms with Gasteiger partial charge in [0.25, 0.3) is 0 Å². The maximum absolute atomic E-state index is 13.7. The van der Waals surface area contributed by atoms with E-state index in [0.717, 1.165) is 24.5 Å². The highest BCUT2D eigenvalue weighted by atomic mass is 32.2. The second-order valence-corrected chi connectivity index (χ2v) is 5.44. The molecule has 0 saturated carbocycles. The summed E-state index contributed by atoms with van der Waals surface area (Å²) in [5, 5.41) is 20.6.